The average molecular weight is 407 g/mol. The Morgan fingerprint density at radius 3 is 2.66 bits per heavy atom. The van der Waals surface area contributed by atoms with E-state index in [9.17, 15) is 4.79 Å². The number of esters is 1. The van der Waals surface area contributed by atoms with Gasteiger partial charge in [-0.15, -0.1) is 0 Å². The van der Waals surface area contributed by atoms with Crippen molar-refractivity contribution >= 4 is 23.3 Å². The number of pyridine rings is 1. The Morgan fingerprint density at radius 2 is 2.00 bits per heavy atom. The van der Waals surface area contributed by atoms with Gasteiger partial charge in [0.25, 0.3) is 0 Å². The van der Waals surface area contributed by atoms with Crippen LogP contribution in [-0.2, 0) is 4.74 Å². The van der Waals surface area contributed by atoms with Crippen LogP contribution in [0.1, 0.15) is 40.8 Å². The van der Waals surface area contributed by atoms with Gasteiger partial charge >= 0.3 is 5.97 Å². The van der Waals surface area contributed by atoms with Crippen molar-refractivity contribution in [1.29, 1.82) is 0 Å². The summed E-state index contributed by atoms with van der Waals surface area (Å²) < 4.78 is 11.0. The largest absolute Gasteiger partial charge is 0.465 e. The molecule has 2 atom stereocenters. The number of carbonyl (C=O) groups excluding carboxylic acids is 1. The molecule has 0 unspecified atom stereocenters. The van der Waals surface area contributed by atoms with Gasteiger partial charge in [-0.25, -0.2) is 4.79 Å². The zero-order valence-electron chi connectivity index (χ0n) is 16.2. The van der Waals surface area contributed by atoms with Crippen molar-refractivity contribution < 1.29 is 13.9 Å². The highest BCUT2D eigenvalue weighted by atomic mass is 32.1. The highest BCUT2D eigenvalue weighted by molar-refractivity contribution is 7.80. The predicted octanol–water partition coefficient (Wildman–Crippen LogP) is 4.12. The third-order valence-electron chi connectivity index (χ3n) is 5.05. The molecule has 3 aromatic rings. The summed E-state index contributed by atoms with van der Waals surface area (Å²) in [5, 5.41) is 4.07. The van der Waals surface area contributed by atoms with Gasteiger partial charge in [0.15, 0.2) is 5.11 Å². The van der Waals surface area contributed by atoms with Gasteiger partial charge in [0.2, 0.25) is 0 Å². The fraction of sp³-hybridized carbons (Fsp3) is 0.227. The molecule has 1 aliphatic heterocycles. The molecule has 2 aromatic heterocycles. The maximum absolute atomic E-state index is 11.6. The fourth-order valence-corrected chi connectivity index (χ4v) is 3.98. The second-order valence-corrected chi connectivity index (χ2v) is 7.07. The number of thiocarbonyl (C=S) groups is 1. The highest BCUT2D eigenvalue weighted by Gasteiger charge is 2.40. The number of likely N-dealkylation sites (N-methyl/N-ethyl adjacent to an activating group) is 1. The van der Waals surface area contributed by atoms with E-state index < -0.39 is 0 Å². The Kier molecular flexibility index (Phi) is 5.31. The number of furan rings is 1. The molecule has 0 spiro atoms. The van der Waals surface area contributed by atoms with Gasteiger partial charge in [-0.1, -0.05) is 18.2 Å². The van der Waals surface area contributed by atoms with Crippen LogP contribution in [0.3, 0.4) is 0 Å². The summed E-state index contributed by atoms with van der Waals surface area (Å²) in [6.07, 6.45) is 1.78. The number of rotatable bonds is 5. The van der Waals surface area contributed by atoms with E-state index in [1.165, 1.54) is 7.11 Å². The van der Waals surface area contributed by atoms with Crippen molar-refractivity contribution in [3.63, 3.8) is 0 Å². The second-order valence-electron chi connectivity index (χ2n) is 6.68. The maximum atomic E-state index is 11.6. The Bertz CT molecular complexity index is 1020. The lowest BCUT2D eigenvalue weighted by molar-refractivity contribution is 0.0600. The van der Waals surface area contributed by atoms with Crippen LogP contribution >= 0.6 is 12.2 Å². The van der Waals surface area contributed by atoms with Crippen molar-refractivity contribution in [2.24, 2.45) is 0 Å². The molecule has 0 amide bonds. The van der Waals surface area contributed by atoms with E-state index in [1.807, 2.05) is 42.5 Å². The Hall–Kier alpha value is -3.19. The summed E-state index contributed by atoms with van der Waals surface area (Å²) in [6, 6.07) is 16.7. The molecule has 1 N–H and O–H groups in total. The maximum Gasteiger partial charge on any atom is 0.337 e. The lowest BCUT2D eigenvalue weighted by Crippen LogP contribution is -2.29. The Balaban J connectivity index is 1.66. The Morgan fingerprint density at radius 1 is 1.21 bits per heavy atom. The standard InChI is InChI=1S/C22H21N3O3S/c1-3-25-20(19(24-22(25)29)16-6-4-5-13-23-16)18-12-11-17(28-18)14-7-9-15(10-8-14)21(26)27-2/h4-13,19-20H,3H2,1-2H3,(H,24,29)/t19-,20-/m1/s1. The van der Waals surface area contributed by atoms with Crippen LogP contribution in [0.2, 0.25) is 0 Å². The summed E-state index contributed by atoms with van der Waals surface area (Å²) in [6.45, 7) is 2.82. The molecule has 4 rings (SSSR count). The molecular weight excluding hydrogens is 386 g/mol. The molecule has 29 heavy (non-hydrogen) atoms. The van der Waals surface area contributed by atoms with Gasteiger partial charge in [0.1, 0.15) is 17.6 Å². The van der Waals surface area contributed by atoms with Crippen molar-refractivity contribution in [3.8, 4) is 11.3 Å². The third kappa shape index (κ3) is 3.61. The number of methoxy groups -OCH3 is 1. The molecule has 1 aliphatic rings. The van der Waals surface area contributed by atoms with Crippen LogP contribution in [-0.4, -0.2) is 34.6 Å². The van der Waals surface area contributed by atoms with Crippen molar-refractivity contribution in [2.75, 3.05) is 13.7 Å². The summed E-state index contributed by atoms with van der Waals surface area (Å²) >= 11 is 5.55. The summed E-state index contributed by atoms with van der Waals surface area (Å²) in [5.41, 5.74) is 2.30. The number of nitrogens with one attached hydrogen (secondary N) is 1. The average Bonchev–Trinajstić information content (AvgIpc) is 3.38. The van der Waals surface area contributed by atoms with Crippen LogP contribution in [0.5, 0.6) is 0 Å². The van der Waals surface area contributed by atoms with E-state index in [4.69, 9.17) is 21.4 Å². The van der Waals surface area contributed by atoms with E-state index in [2.05, 4.69) is 22.1 Å². The number of ether oxygens (including phenoxy) is 1. The highest BCUT2D eigenvalue weighted by Crippen LogP contribution is 2.40. The van der Waals surface area contributed by atoms with Crippen LogP contribution in [0.4, 0.5) is 0 Å². The first-order valence-electron chi connectivity index (χ1n) is 9.39. The third-order valence-corrected chi connectivity index (χ3v) is 5.40. The Labute approximate surface area is 174 Å². The monoisotopic (exact) mass is 407 g/mol. The number of aromatic nitrogens is 1. The number of hydrogen-bond donors (Lipinski definition) is 1. The molecule has 0 bridgehead atoms. The lowest BCUT2D eigenvalue weighted by Gasteiger charge is -2.24. The molecule has 0 aliphatic carbocycles. The molecule has 1 saturated heterocycles. The molecule has 1 aromatic carbocycles. The summed E-state index contributed by atoms with van der Waals surface area (Å²) in [5.74, 6) is 1.17. The van der Waals surface area contributed by atoms with Gasteiger partial charge < -0.3 is 19.4 Å². The zero-order chi connectivity index (χ0) is 20.4. The SMILES string of the molecule is CCN1C(=S)N[C@H](c2ccccn2)[C@H]1c1ccc(-c2ccc(C(=O)OC)cc2)o1. The van der Waals surface area contributed by atoms with E-state index in [0.29, 0.717) is 10.7 Å². The minimum atomic E-state index is -0.362. The number of benzene rings is 1. The first-order chi connectivity index (χ1) is 14.1. The van der Waals surface area contributed by atoms with E-state index in [1.54, 1.807) is 18.3 Å². The topological polar surface area (TPSA) is 67.6 Å². The van der Waals surface area contributed by atoms with E-state index >= 15 is 0 Å². The van der Waals surface area contributed by atoms with Crippen LogP contribution < -0.4 is 5.32 Å². The molecule has 0 saturated carbocycles. The quantitative estimate of drug-likeness (QED) is 0.504. The van der Waals surface area contributed by atoms with Crippen molar-refractivity contribution in [3.05, 3.63) is 77.8 Å². The smallest absolute Gasteiger partial charge is 0.337 e. The minimum absolute atomic E-state index is 0.0921. The fourth-order valence-electron chi connectivity index (χ4n) is 3.61. The van der Waals surface area contributed by atoms with Gasteiger partial charge in [-0.2, -0.15) is 0 Å². The summed E-state index contributed by atoms with van der Waals surface area (Å²) in [4.78, 5) is 18.2. The lowest BCUT2D eigenvalue weighted by atomic mass is 10.0. The minimum Gasteiger partial charge on any atom is -0.465 e. The molecular formula is C22H21N3O3S. The van der Waals surface area contributed by atoms with E-state index in [-0.39, 0.29) is 18.1 Å². The van der Waals surface area contributed by atoms with Gasteiger partial charge in [-0.3, -0.25) is 4.98 Å². The molecule has 6 nitrogen and oxygen atoms in total. The normalized spacial score (nSPS) is 18.6. The van der Waals surface area contributed by atoms with Crippen LogP contribution in [0.25, 0.3) is 11.3 Å². The zero-order valence-corrected chi connectivity index (χ0v) is 17.0. The van der Waals surface area contributed by atoms with Crippen molar-refractivity contribution in [2.45, 2.75) is 19.0 Å². The van der Waals surface area contributed by atoms with Gasteiger partial charge in [0.05, 0.1) is 24.4 Å². The van der Waals surface area contributed by atoms with Gasteiger partial charge in [-0.05, 0) is 55.5 Å². The van der Waals surface area contributed by atoms with Crippen LogP contribution in [0.15, 0.2) is 65.2 Å². The molecule has 148 valence electrons. The number of carbonyl (C=O) groups is 1. The van der Waals surface area contributed by atoms with Gasteiger partial charge in [0, 0.05) is 18.3 Å². The molecule has 0 radical (unpaired) electrons. The number of nitrogens with zero attached hydrogens (tertiary/aromatic N) is 2. The first kappa shape index (κ1) is 19.1. The summed E-state index contributed by atoms with van der Waals surface area (Å²) in [7, 11) is 1.37. The van der Waals surface area contributed by atoms with E-state index in [0.717, 1.165) is 29.3 Å². The molecule has 3 heterocycles. The van der Waals surface area contributed by atoms with Crippen LogP contribution in [0, 0.1) is 0 Å². The number of hydrogen-bond acceptors (Lipinski definition) is 5. The predicted molar refractivity (Wildman–Crippen MR) is 113 cm³/mol. The van der Waals surface area contributed by atoms with Crippen molar-refractivity contribution in [1.82, 2.24) is 15.2 Å². The molecule has 7 heteroatoms. The first-order valence-corrected chi connectivity index (χ1v) is 9.79. The molecule has 1 fully saturated rings. The second kappa shape index (κ2) is 8.05.